The predicted molar refractivity (Wildman–Crippen MR) is 60.6 cm³/mol. The number of aliphatic hydroxyl groups is 2. The van der Waals surface area contributed by atoms with Crippen LogP contribution in [0.4, 0.5) is 0 Å². The third-order valence-electron chi connectivity index (χ3n) is 1.66. The molecular formula is C10H20N2O5. The molecule has 7 nitrogen and oxygen atoms in total. The summed E-state index contributed by atoms with van der Waals surface area (Å²) in [6, 6.07) is 0. The Bertz CT molecular complexity index is 205. The summed E-state index contributed by atoms with van der Waals surface area (Å²) in [6.45, 7) is 4.20. The van der Waals surface area contributed by atoms with Gasteiger partial charge in [0.1, 0.15) is 0 Å². The number of hydroxylamine groups is 2. The minimum atomic E-state index is -0.232. The number of rotatable bonds is 11. The average molecular weight is 248 g/mol. The summed E-state index contributed by atoms with van der Waals surface area (Å²) >= 11 is 0. The number of amides is 1. The van der Waals surface area contributed by atoms with Crippen molar-refractivity contribution in [3.63, 3.8) is 0 Å². The van der Waals surface area contributed by atoms with Gasteiger partial charge < -0.3 is 15.5 Å². The molecule has 0 aliphatic rings. The van der Waals surface area contributed by atoms with Crippen molar-refractivity contribution in [1.29, 1.82) is 0 Å². The molecule has 0 bridgehead atoms. The average Bonchev–Trinajstić information content (AvgIpc) is 2.36. The second-order valence-corrected chi connectivity index (χ2v) is 3.02. The van der Waals surface area contributed by atoms with Crippen molar-refractivity contribution < 1.29 is 24.7 Å². The maximum atomic E-state index is 10.8. The van der Waals surface area contributed by atoms with Gasteiger partial charge in [-0.25, -0.2) is 0 Å². The SMILES string of the molecule is C=CC(=O)NCCCN(OCCO)OCCO. The molecule has 0 unspecified atom stereocenters. The molecule has 0 fully saturated rings. The van der Waals surface area contributed by atoms with E-state index in [2.05, 4.69) is 11.9 Å². The van der Waals surface area contributed by atoms with Crippen LogP contribution in [0.3, 0.4) is 0 Å². The molecule has 7 heteroatoms. The highest BCUT2D eigenvalue weighted by molar-refractivity contribution is 5.86. The summed E-state index contributed by atoms with van der Waals surface area (Å²) in [7, 11) is 0. The Morgan fingerprint density at radius 3 is 2.35 bits per heavy atom. The Kier molecular flexibility index (Phi) is 10.8. The molecule has 0 saturated heterocycles. The van der Waals surface area contributed by atoms with Gasteiger partial charge in [-0.3, -0.25) is 14.5 Å². The fraction of sp³-hybridized carbons (Fsp3) is 0.700. The van der Waals surface area contributed by atoms with Crippen molar-refractivity contribution in [2.75, 3.05) is 39.5 Å². The second-order valence-electron chi connectivity index (χ2n) is 3.02. The van der Waals surface area contributed by atoms with E-state index in [9.17, 15) is 4.79 Å². The van der Waals surface area contributed by atoms with E-state index < -0.39 is 0 Å². The van der Waals surface area contributed by atoms with E-state index in [1.807, 2.05) is 0 Å². The highest BCUT2D eigenvalue weighted by atomic mass is 16.9. The highest BCUT2D eigenvalue weighted by Crippen LogP contribution is 1.94. The monoisotopic (exact) mass is 248 g/mol. The largest absolute Gasteiger partial charge is 0.394 e. The molecule has 0 saturated carbocycles. The summed E-state index contributed by atoms with van der Waals surface area (Å²) in [4.78, 5) is 20.9. The second kappa shape index (κ2) is 11.5. The molecule has 0 aromatic rings. The molecular weight excluding hydrogens is 228 g/mol. The zero-order valence-electron chi connectivity index (χ0n) is 9.80. The van der Waals surface area contributed by atoms with Crippen molar-refractivity contribution in [2.45, 2.75) is 6.42 Å². The predicted octanol–water partition coefficient (Wildman–Crippen LogP) is -1.17. The summed E-state index contributed by atoms with van der Waals surface area (Å²) < 4.78 is 0. The first-order valence-corrected chi connectivity index (χ1v) is 5.40. The molecule has 1 amide bonds. The smallest absolute Gasteiger partial charge is 0.243 e. The van der Waals surface area contributed by atoms with Gasteiger partial charge in [0, 0.05) is 6.54 Å². The molecule has 0 radical (unpaired) electrons. The van der Waals surface area contributed by atoms with E-state index in [4.69, 9.17) is 19.9 Å². The number of carbonyl (C=O) groups excluding carboxylic acids is 1. The standard InChI is InChI=1S/C10H20N2O5/c1-2-10(15)11-4-3-5-12(16-8-6-13)17-9-7-14/h2,13-14H,1,3-9H2,(H,11,15). The molecule has 17 heavy (non-hydrogen) atoms. The fourth-order valence-electron chi connectivity index (χ4n) is 0.944. The Morgan fingerprint density at radius 2 is 1.88 bits per heavy atom. The molecule has 0 spiro atoms. The van der Waals surface area contributed by atoms with Crippen LogP contribution in [0.5, 0.6) is 0 Å². The molecule has 0 heterocycles. The fourth-order valence-corrected chi connectivity index (χ4v) is 0.944. The van der Waals surface area contributed by atoms with Gasteiger partial charge in [0.2, 0.25) is 5.91 Å². The van der Waals surface area contributed by atoms with Crippen molar-refractivity contribution in [3.05, 3.63) is 12.7 Å². The summed E-state index contributed by atoms with van der Waals surface area (Å²) in [5.74, 6) is -0.232. The molecule has 0 aliphatic carbocycles. The number of hydrogen-bond acceptors (Lipinski definition) is 6. The summed E-state index contributed by atoms with van der Waals surface area (Å²) in [5, 5.41) is 21.0. The van der Waals surface area contributed by atoms with Crippen LogP contribution in [0.1, 0.15) is 6.42 Å². The molecule has 3 N–H and O–H groups in total. The minimum absolute atomic E-state index is 0.116. The number of nitrogens with zero attached hydrogens (tertiary/aromatic N) is 1. The van der Waals surface area contributed by atoms with Crippen molar-refractivity contribution in [2.24, 2.45) is 0 Å². The van der Waals surface area contributed by atoms with Crippen LogP contribution >= 0.6 is 0 Å². The van der Waals surface area contributed by atoms with Gasteiger partial charge in [-0.05, 0) is 12.5 Å². The molecule has 0 aromatic carbocycles. The molecule has 0 rings (SSSR count). The van der Waals surface area contributed by atoms with Crippen LogP contribution in [0.2, 0.25) is 0 Å². The van der Waals surface area contributed by atoms with Crippen LogP contribution in [0.15, 0.2) is 12.7 Å². The van der Waals surface area contributed by atoms with Crippen molar-refractivity contribution in [3.8, 4) is 0 Å². The number of carbonyl (C=O) groups is 1. The molecule has 0 aromatic heterocycles. The third-order valence-corrected chi connectivity index (χ3v) is 1.66. The number of nitrogens with one attached hydrogen (secondary N) is 1. The van der Waals surface area contributed by atoms with E-state index in [1.165, 1.54) is 11.3 Å². The van der Waals surface area contributed by atoms with E-state index >= 15 is 0 Å². The lowest BCUT2D eigenvalue weighted by atomic mass is 10.4. The Balaban J connectivity index is 3.66. The van der Waals surface area contributed by atoms with Crippen LogP contribution in [-0.4, -0.2) is 60.9 Å². The summed E-state index contributed by atoms with van der Waals surface area (Å²) in [6.07, 6.45) is 1.80. The number of hydrogen-bond donors (Lipinski definition) is 3. The first-order chi connectivity index (χ1) is 8.24. The van der Waals surface area contributed by atoms with E-state index in [0.29, 0.717) is 19.5 Å². The van der Waals surface area contributed by atoms with Gasteiger partial charge in [-0.15, -0.1) is 0 Å². The topological polar surface area (TPSA) is 91.3 Å². The Morgan fingerprint density at radius 1 is 1.29 bits per heavy atom. The normalized spacial score (nSPS) is 10.5. The lowest BCUT2D eigenvalue weighted by Crippen LogP contribution is -2.31. The lowest BCUT2D eigenvalue weighted by molar-refractivity contribution is -0.371. The van der Waals surface area contributed by atoms with Crippen LogP contribution in [0, 0.1) is 0 Å². The first-order valence-electron chi connectivity index (χ1n) is 5.40. The van der Waals surface area contributed by atoms with Gasteiger partial charge >= 0.3 is 0 Å². The van der Waals surface area contributed by atoms with Gasteiger partial charge in [0.25, 0.3) is 0 Å². The Labute approximate surface area is 101 Å². The molecule has 0 atom stereocenters. The zero-order valence-corrected chi connectivity index (χ0v) is 9.80. The van der Waals surface area contributed by atoms with Crippen LogP contribution in [0.25, 0.3) is 0 Å². The van der Waals surface area contributed by atoms with Gasteiger partial charge in [-0.1, -0.05) is 11.8 Å². The van der Waals surface area contributed by atoms with E-state index in [0.717, 1.165) is 0 Å². The summed E-state index contributed by atoms with van der Waals surface area (Å²) in [5.41, 5.74) is 0. The van der Waals surface area contributed by atoms with E-state index in [-0.39, 0.29) is 32.3 Å². The third kappa shape index (κ3) is 9.91. The zero-order chi connectivity index (χ0) is 12.9. The van der Waals surface area contributed by atoms with E-state index in [1.54, 1.807) is 0 Å². The van der Waals surface area contributed by atoms with Crippen molar-refractivity contribution >= 4 is 5.91 Å². The molecule has 0 aliphatic heterocycles. The van der Waals surface area contributed by atoms with Gasteiger partial charge in [-0.2, -0.15) is 0 Å². The highest BCUT2D eigenvalue weighted by Gasteiger charge is 2.05. The number of aliphatic hydroxyl groups excluding tert-OH is 2. The Hall–Kier alpha value is -0.990. The van der Waals surface area contributed by atoms with Crippen LogP contribution in [-0.2, 0) is 14.5 Å². The van der Waals surface area contributed by atoms with Crippen LogP contribution < -0.4 is 5.32 Å². The molecule has 100 valence electrons. The van der Waals surface area contributed by atoms with Gasteiger partial charge in [0.15, 0.2) is 0 Å². The van der Waals surface area contributed by atoms with Gasteiger partial charge in [0.05, 0.1) is 33.0 Å². The lowest BCUT2D eigenvalue weighted by Gasteiger charge is -2.20. The quantitative estimate of drug-likeness (QED) is 0.242. The minimum Gasteiger partial charge on any atom is -0.394 e. The maximum Gasteiger partial charge on any atom is 0.243 e. The first kappa shape index (κ1) is 16.0. The maximum absolute atomic E-state index is 10.8. The van der Waals surface area contributed by atoms with Crippen molar-refractivity contribution in [1.82, 2.24) is 10.5 Å².